The maximum atomic E-state index is 12.9. The van der Waals surface area contributed by atoms with Crippen LogP contribution < -0.4 is 0 Å². The van der Waals surface area contributed by atoms with E-state index in [1.165, 1.54) is 19.0 Å². The van der Waals surface area contributed by atoms with Crippen molar-refractivity contribution in [3.8, 4) is 0 Å². The lowest BCUT2D eigenvalue weighted by molar-refractivity contribution is 0.264. The number of likely N-dealkylation sites (tertiary alicyclic amines) is 1. The summed E-state index contributed by atoms with van der Waals surface area (Å²) in [5.74, 6) is 0. The van der Waals surface area contributed by atoms with Gasteiger partial charge in [-0.05, 0) is 56.6 Å². The number of hydrogen-bond donors (Lipinski definition) is 0. The van der Waals surface area contributed by atoms with E-state index in [0.717, 1.165) is 29.6 Å². The Labute approximate surface area is 166 Å². The zero-order valence-corrected chi connectivity index (χ0v) is 16.8. The van der Waals surface area contributed by atoms with Gasteiger partial charge < -0.3 is 0 Å². The number of benzene rings is 2. The van der Waals surface area contributed by atoms with Gasteiger partial charge in [-0.1, -0.05) is 36.4 Å². The van der Waals surface area contributed by atoms with Crippen LogP contribution in [0.5, 0.6) is 0 Å². The van der Waals surface area contributed by atoms with Gasteiger partial charge in [0.2, 0.25) is 9.84 Å². The second-order valence-corrected chi connectivity index (χ2v) is 8.78. The van der Waals surface area contributed by atoms with Crippen molar-refractivity contribution in [2.45, 2.75) is 35.6 Å². The molecule has 0 aliphatic carbocycles. The molecule has 0 saturated carbocycles. The van der Waals surface area contributed by atoms with E-state index in [-0.39, 0.29) is 23.3 Å². The smallest absolute Gasteiger partial charge is 0.208 e. The summed E-state index contributed by atoms with van der Waals surface area (Å²) < 4.78 is 25.7. The van der Waals surface area contributed by atoms with Gasteiger partial charge in [0, 0.05) is 17.6 Å². The molecule has 1 unspecified atom stereocenters. The van der Waals surface area contributed by atoms with Gasteiger partial charge in [0.05, 0.1) is 15.3 Å². The molecule has 1 saturated heterocycles. The van der Waals surface area contributed by atoms with Gasteiger partial charge in [-0.2, -0.15) is 0 Å². The van der Waals surface area contributed by atoms with Crippen LogP contribution in [0.4, 0.5) is 0 Å². The fourth-order valence-electron chi connectivity index (χ4n) is 3.71. The van der Waals surface area contributed by atoms with Crippen molar-refractivity contribution >= 4 is 33.1 Å². The fraction of sp³-hybridized carbons (Fsp3) is 0.286. The second-order valence-electron chi connectivity index (χ2n) is 6.83. The second kappa shape index (κ2) is 7.97. The molecule has 4 nitrogen and oxygen atoms in total. The summed E-state index contributed by atoms with van der Waals surface area (Å²) in [5.41, 5.74) is 2.05. The van der Waals surface area contributed by atoms with Crippen LogP contribution in [0.2, 0.25) is 0 Å². The molecule has 6 heteroatoms. The molecule has 0 N–H and O–H groups in total. The van der Waals surface area contributed by atoms with Gasteiger partial charge in [-0.25, -0.2) is 8.42 Å². The zero-order valence-electron chi connectivity index (χ0n) is 15.2. The van der Waals surface area contributed by atoms with Gasteiger partial charge in [0.1, 0.15) is 0 Å². The Morgan fingerprint density at radius 2 is 1.67 bits per heavy atom. The average Bonchev–Trinajstić information content (AvgIpc) is 3.22. The first-order chi connectivity index (χ1) is 12.6. The van der Waals surface area contributed by atoms with E-state index in [0.29, 0.717) is 4.90 Å². The number of halogens is 1. The minimum atomic E-state index is -3.55. The number of sulfone groups is 1. The van der Waals surface area contributed by atoms with Crippen molar-refractivity contribution in [3.63, 3.8) is 0 Å². The van der Waals surface area contributed by atoms with Crippen molar-refractivity contribution in [2.75, 3.05) is 13.1 Å². The molecule has 3 aromatic rings. The zero-order chi connectivity index (χ0) is 18.1. The summed E-state index contributed by atoms with van der Waals surface area (Å²) in [4.78, 5) is 7.56. The predicted octanol–water partition coefficient (Wildman–Crippen LogP) is 4.65. The quantitative estimate of drug-likeness (QED) is 0.637. The van der Waals surface area contributed by atoms with Crippen LogP contribution in [0.15, 0.2) is 70.6 Å². The highest BCUT2D eigenvalue weighted by atomic mass is 35.5. The third kappa shape index (κ3) is 3.72. The highest BCUT2D eigenvalue weighted by molar-refractivity contribution is 7.91. The van der Waals surface area contributed by atoms with Gasteiger partial charge in [-0.15, -0.1) is 12.4 Å². The molecule has 1 fully saturated rings. The van der Waals surface area contributed by atoms with Crippen molar-refractivity contribution in [3.05, 3.63) is 66.4 Å². The topological polar surface area (TPSA) is 50.3 Å². The normalized spacial score (nSPS) is 16.2. The third-order valence-electron chi connectivity index (χ3n) is 5.22. The van der Waals surface area contributed by atoms with E-state index in [1.807, 2.05) is 18.2 Å². The number of rotatable bonds is 4. The molecule has 142 valence electrons. The Hall–Kier alpha value is -1.95. The first kappa shape index (κ1) is 19.8. The summed E-state index contributed by atoms with van der Waals surface area (Å²) in [6.45, 7) is 4.42. The van der Waals surface area contributed by atoms with Crippen LogP contribution in [0, 0.1) is 0 Å². The Morgan fingerprint density at radius 3 is 2.37 bits per heavy atom. The van der Waals surface area contributed by atoms with Crippen molar-refractivity contribution in [1.29, 1.82) is 0 Å². The molecule has 1 atom stereocenters. The van der Waals surface area contributed by atoms with Crippen molar-refractivity contribution < 1.29 is 8.42 Å². The van der Waals surface area contributed by atoms with Crippen LogP contribution in [0.1, 0.15) is 31.4 Å². The average molecular weight is 403 g/mol. The molecule has 27 heavy (non-hydrogen) atoms. The summed E-state index contributed by atoms with van der Waals surface area (Å²) in [6, 6.07) is 16.6. The molecular weight excluding hydrogens is 380 g/mol. The number of nitrogens with zero attached hydrogens (tertiary/aromatic N) is 2. The summed E-state index contributed by atoms with van der Waals surface area (Å²) >= 11 is 0. The van der Waals surface area contributed by atoms with Crippen LogP contribution in [-0.4, -0.2) is 31.4 Å². The lowest BCUT2D eigenvalue weighted by Gasteiger charge is -2.25. The fourth-order valence-corrected chi connectivity index (χ4v) is 4.97. The van der Waals surface area contributed by atoms with E-state index >= 15 is 0 Å². The van der Waals surface area contributed by atoms with Gasteiger partial charge in [-0.3, -0.25) is 9.88 Å². The van der Waals surface area contributed by atoms with E-state index in [2.05, 4.69) is 22.9 Å². The first-order valence-corrected chi connectivity index (χ1v) is 10.5. The largest absolute Gasteiger partial charge is 0.297 e. The minimum Gasteiger partial charge on any atom is -0.297 e. The van der Waals surface area contributed by atoms with Gasteiger partial charge in [0.15, 0.2) is 0 Å². The highest BCUT2D eigenvalue weighted by Crippen LogP contribution is 2.31. The number of fused-ring (bicyclic) bond motifs is 1. The molecule has 4 rings (SSSR count). The van der Waals surface area contributed by atoms with Crippen LogP contribution in [0.25, 0.3) is 10.9 Å². The number of pyridine rings is 1. The number of hydrogen-bond acceptors (Lipinski definition) is 4. The van der Waals surface area contributed by atoms with Gasteiger partial charge in [0.25, 0.3) is 0 Å². The summed E-state index contributed by atoms with van der Waals surface area (Å²) in [6.07, 6.45) is 3.97. The molecule has 0 radical (unpaired) electrons. The maximum absolute atomic E-state index is 12.9. The van der Waals surface area contributed by atoms with Crippen molar-refractivity contribution in [1.82, 2.24) is 9.88 Å². The summed E-state index contributed by atoms with van der Waals surface area (Å²) in [5, 5.41) is 0.866. The molecule has 1 aliphatic heterocycles. The lowest BCUT2D eigenvalue weighted by atomic mass is 10.0. The summed E-state index contributed by atoms with van der Waals surface area (Å²) in [7, 11) is -3.55. The molecule has 2 heterocycles. The van der Waals surface area contributed by atoms with E-state index in [4.69, 9.17) is 0 Å². The Bertz CT molecular complexity index is 1030. The molecular formula is C21H23ClN2O2S. The van der Waals surface area contributed by atoms with Gasteiger partial charge >= 0.3 is 0 Å². The molecule has 1 aliphatic rings. The third-order valence-corrected chi connectivity index (χ3v) is 6.96. The van der Waals surface area contributed by atoms with E-state index < -0.39 is 9.84 Å². The Balaban J connectivity index is 0.00000210. The minimum absolute atomic E-state index is 0. The molecule has 1 aromatic heterocycles. The molecule has 2 aromatic carbocycles. The SMILES string of the molecule is CC(c1cccc2cc(S(=O)(=O)c3ccccc3)cnc12)N1CCCC1.Cl. The lowest BCUT2D eigenvalue weighted by Crippen LogP contribution is -2.23. The van der Waals surface area contributed by atoms with Crippen molar-refractivity contribution in [2.24, 2.45) is 0 Å². The highest BCUT2D eigenvalue weighted by Gasteiger charge is 2.23. The molecule has 0 spiro atoms. The standard InChI is InChI=1S/C21H22N2O2S.ClH/c1-16(23-12-5-6-13-23)20-11-7-8-17-14-19(15-22-21(17)20)26(24,25)18-9-3-2-4-10-18;/h2-4,7-11,14-16H,5-6,12-13H2,1H3;1H. The van der Waals surface area contributed by atoms with E-state index in [9.17, 15) is 8.42 Å². The molecule has 0 bridgehead atoms. The van der Waals surface area contributed by atoms with Crippen LogP contribution in [0.3, 0.4) is 0 Å². The van der Waals surface area contributed by atoms with Crippen LogP contribution in [-0.2, 0) is 9.84 Å². The maximum Gasteiger partial charge on any atom is 0.208 e. The monoisotopic (exact) mass is 402 g/mol. The first-order valence-electron chi connectivity index (χ1n) is 9.00. The van der Waals surface area contributed by atoms with Crippen LogP contribution >= 0.6 is 12.4 Å². The number of aromatic nitrogens is 1. The Kier molecular flexibility index (Phi) is 5.84. The number of para-hydroxylation sites is 1. The Morgan fingerprint density at radius 1 is 0.963 bits per heavy atom. The molecule has 0 amide bonds. The van der Waals surface area contributed by atoms with E-state index in [1.54, 1.807) is 30.3 Å². The predicted molar refractivity (Wildman–Crippen MR) is 110 cm³/mol.